The monoisotopic (exact) mass is 336 g/mol. The van der Waals surface area contributed by atoms with Crippen molar-refractivity contribution in [3.63, 3.8) is 0 Å². The van der Waals surface area contributed by atoms with Gasteiger partial charge in [0.25, 0.3) is 0 Å². The topological polar surface area (TPSA) is 55.1 Å². The van der Waals surface area contributed by atoms with E-state index in [-0.39, 0.29) is 36.3 Å². The Kier molecular flexibility index (Phi) is 6.10. The summed E-state index contributed by atoms with van der Waals surface area (Å²) in [5.41, 5.74) is 7.29. The molecule has 23 heavy (non-hydrogen) atoms. The van der Waals surface area contributed by atoms with Gasteiger partial charge in [0.05, 0.1) is 5.92 Å². The second-order valence-corrected chi connectivity index (χ2v) is 7.36. The number of benzene rings is 1. The van der Waals surface area contributed by atoms with E-state index in [2.05, 4.69) is 12.2 Å². The highest BCUT2D eigenvalue weighted by molar-refractivity contribution is 5.85. The first-order chi connectivity index (χ1) is 10.6. The molecule has 0 spiro atoms. The van der Waals surface area contributed by atoms with Gasteiger partial charge >= 0.3 is 0 Å². The van der Waals surface area contributed by atoms with Crippen LogP contribution in [0.3, 0.4) is 0 Å². The Labute approximate surface area is 145 Å². The number of rotatable bonds is 5. The molecular formula is C19H29ClN2O. The van der Waals surface area contributed by atoms with E-state index in [9.17, 15) is 4.79 Å². The van der Waals surface area contributed by atoms with Crippen LogP contribution in [0.2, 0.25) is 0 Å². The van der Waals surface area contributed by atoms with Crippen LogP contribution in [-0.4, -0.2) is 11.9 Å². The van der Waals surface area contributed by atoms with Crippen molar-refractivity contribution in [2.45, 2.75) is 51.6 Å². The normalized spacial score (nSPS) is 29.4. The van der Waals surface area contributed by atoms with Gasteiger partial charge in [-0.05, 0) is 49.5 Å². The van der Waals surface area contributed by atoms with Crippen LogP contribution in [-0.2, 0) is 4.79 Å². The minimum absolute atomic E-state index is 0. The maximum Gasteiger partial charge on any atom is 0.224 e. The Bertz CT molecular complexity index is 521. The fraction of sp³-hybridized carbons (Fsp3) is 0.632. The van der Waals surface area contributed by atoms with E-state index < -0.39 is 0 Å². The predicted molar refractivity (Wildman–Crippen MR) is 96.3 cm³/mol. The standard InChI is InChI=1S/C19H28N2O.ClH/c1-12(18(20)15-6-4-3-5-7-15)19(22)21-13(2)17-11-14-8-9-16(17)10-14;/h3-7,12-14,16-18H,8-11,20H2,1-2H3,(H,21,22);1H. The lowest BCUT2D eigenvalue weighted by molar-refractivity contribution is -0.126. The van der Waals surface area contributed by atoms with Gasteiger partial charge in [-0.2, -0.15) is 0 Å². The molecule has 4 heteroatoms. The van der Waals surface area contributed by atoms with Crippen LogP contribution in [0.15, 0.2) is 30.3 Å². The van der Waals surface area contributed by atoms with Gasteiger partial charge in [-0.3, -0.25) is 4.79 Å². The van der Waals surface area contributed by atoms with E-state index >= 15 is 0 Å². The van der Waals surface area contributed by atoms with E-state index in [4.69, 9.17) is 5.73 Å². The molecule has 2 bridgehead atoms. The third-order valence-corrected chi connectivity index (χ3v) is 5.94. The Hall–Kier alpha value is -1.06. The predicted octanol–water partition coefficient (Wildman–Crippen LogP) is 3.69. The third-order valence-electron chi connectivity index (χ3n) is 5.94. The Balaban J connectivity index is 0.00000192. The molecule has 128 valence electrons. The van der Waals surface area contributed by atoms with Gasteiger partial charge in [-0.25, -0.2) is 0 Å². The molecule has 0 radical (unpaired) electrons. The number of nitrogens with two attached hydrogens (primary N) is 1. The average molecular weight is 337 g/mol. The lowest BCUT2D eigenvalue weighted by Gasteiger charge is -2.30. The van der Waals surface area contributed by atoms with E-state index in [1.54, 1.807) is 0 Å². The SMILES string of the molecule is CC(NC(=O)C(C)C(N)c1ccccc1)C1CC2CCC1C2.Cl. The Morgan fingerprint density at radius 1 is 1.17 bits per heavy atom. The van der Waals surface area contributed by atoms with Crippen molar-refractivity contribution >= 4 is 18.3 Å². The lowest BCUT2D eigenvalue weighted by Crippen LogP contribution is -2.44. The number of carbonyl (C=O) groups excluding carboxylic acids is 1. The zero-order valence-corrected chi connectivity index (χ0v) is 14.9. The summed E-state index contributed by atoms with van der Waals surface area (Å²) in [5.74, 6) is 2.30. The molecule has 1 aromatic rings. The Morgan fingerprint density at radius 3 is 2.43 bits per heavy atom. The molecule has 3 N–H and O–H groups in total. The van der Waals surface area contributed by atoms with Crippen molar-refractivity contribution < 1.29 is 4.79 Å². The van der Waals surface area contributed by atoms with Gasteiger partial charge in [0.2, 0.25) is 5.91 Å². The molecule has 2 saturated carbocycles. The first-order valence-corrected chi connectivity index (χ1v) is 8.67. The highest BCUT2D eigenvalue weighted by Crippen LogP contribution is 2.49. The number of carbonyl (C=O) groups is 1. The molecular weight excluding hydrogens is 308 g/mol. The van der Waals surface area contributed by atoms with Crippen molar-refractivity contribution in [3.8, 4) is 0 Å². The maximum atomic E-state index is 12.5. The van der Waals surface area contributed by atoms with Crippen LogP contribution in [0.5, 0.6) is 0 Å². The lowest BCUT2D eigenvalue weighted by atomic mass is 9.83. The van der Waals surface area contributed by atoms with E-state index in [1.807, 2.05) is 37.3 Å². The van der Waals surface area contributed by atoms with Crippen LogP contribution in [0, 0.1) is 23.7 Å². The highest BCUT2D eigenvalue weighted by Gasteiger charge is 2.42. The molecule has 0 heterocycles. The van der Waals surface area contributed by atoms with Gasteiger partial charge in [-0.15, -0.1) is 12.4 Å². The molecule has 0 aromatic heterocycles. The van der Waals surface area contributed by atoms with Crippen LogP contribution in [0.1, 0.15) is 51.1 Å². The summed E-state index contributed by atoms with van der Waals surface area (Å²) in [4.78, 5) is 12.5. The largest absolute Gasteiger partial charge is 0.353 e. The molecule has 6 atom stereocenters. The minimum atomic E-state index is -0.242. The third kappa shape index (κ3) is 3.89. The first kappa shape index (κ1) is 18.3. The zero-order chi connectivity index (χ0) is 15.7. The molecule has 2 aliphatic rings. The molecule has 3 nitrogen and oxygen atoms in total. The molecule has 6 unspecified atom stereocenters. The van der Waals surface area contributed by atoms with Crippen LogP contribution < -0.4 is 11.1 Å². The fourth-order valence-corrected chi connectivity index (χ4v) is 4.50. The average Bonchev–Trinajstić information content (AvgIpc) is 3.17. The summed E-state index contributed by atoms with van der Waals surface area (Å²) in [5, 5.41) is 3.24. The smallest absolute Gasteiger partial charge is 0.224 e. The second kappa shape index (κ2) is 7.67. The summed E-state index contributed by atoms with van der Waals surface area (Å²) >= 11 is 0. The number of amides is 1. The first-order valence-electron chi connectivity index (χ1n) is 8.67. The molecule has 0 aliphatic heterocycles. The van der Waals surface area contributed by atoms with Gasteiger partial charge < -0.3 is 11.1 Å². The van der Waals surface area contributed by atoms with Crippen molar-refractivity contribution in [2.75, 3.05) is 0 Å². The molecule has 1 aromatic carbocycles. The number of fused-ring (bicyclic) bond motifs is 2. The van der Waals surface area contributed by atoms with Crippen LogP contribution >= 0.6 is 12.4 Å². The molecule has 2 fully saturated rings. The number of hydrogen-bond acceptors (Lipinski definition) is 2. The fourth-order valence-electron chi connectivity index (χ4n) is 4.50. The summed E-state index contributed by atoms with van der Waals surface area (Å²) in [6.45, 7) is 4.10. The highest BCUT2D eigenvalue weighted by atomic mass is 35.5. The van der Waals surface area contributed by atoms with Crippen LogP contribution in [0.4, 0.5) is 0 Å². The van der Waals surface area contributed by atoms with E-state index in [1.165, 1.54) is 25.7 Å². The number of nitrogens with one attached hydrogen (secondary N) is 1. The van der Waals surface area contributed by atoms with E-state index in [0.717, 1.165) is 17.4 Å². The van der Waals surface area contributed by atoms with Gasteiger partial charge in [0.1, 0.15) is 0 Å². The van der Waals surface area contributed by atoms with Crippen molar-refractivity contribution in [2.24, 2.45) is 29.4 Å². The molecule has 2 aliphatic carbocycles. The molecule has 3 rings (SSSR count). The summed E-state index contributed by atoms with van der Waals surface area (Å²) in [6.07, 6.45) is 5.43. The van der Waals surface area contributed by atoms with Gasteiger partial charge in [-0.1, -0.05) is 43.7 Å². The van der Waals surface area contributed by atoms with Crippen molar-refractivity contribution in [1.29, 1.82) is 0 Å². The van der Waals surface area contributed by atoms with Gasteiger partial charge in [0, 0.05) is 12.1 Å². The van der Waals surface area contributed by atoms with E-state index in [0.29, 0.717) is 5.92 Å². The number of halogens is 1. The minimum Gasteiger partial charge on any atom is -0.353 e. The Morgan fingerprint density at radius 2 is 1.87 bits per heavy atom. The van der Waals surface area contributed by atoms with Gasteiger partial charge in [0.15, 0.2) is 0 Å². The molecule has 1 amide bonds. The maximum absolute atomic E-state index is 12.5. The molecule has 0 saturated heterocycles. The van der Waals surface area contributed by atoms with Crippen molar-refractivity contribution in [1.82, 2.24) is 5.32 Å². The number of hydrogen-bond donors (Lipinski definition) is 2. The summed E-state index contributed by atoms with van der Waals surface area (Å²) in [7, 11) is 0. The van der Waals surface area contributed by atoms with Crippen molar-refractivity contribution in [3.05, 3.63) is 35.9 Å². The zero-order valence-electron chi connectivity index (χ0n) is 14.1. The quantitative estimate of drug-likeness (QED) is 0.861. The summed E-state index contributed by atoms with van der Waals surface area (Å²) in [6, 6.07) is 9.93. The second-order valence-electron chi connectivity index (χ2n) is 7.36. The van der Waals surface area contributed by atoms with Crippen LogP contribution in [0.25, 0.3) is 0 Å². The summed E-state index contributed by atoms with van der Waals surface area (Å²) < 4.78 is 0.